The first kappa shape index (κ1) is 25.2. The van der Waals surface area contributed by atoms with Gasteiger partial charge in [-0.1, -0.05) is 6.07 Å². The highest BCUT2D eigenvalue weighted by Crippen LogP contribution is 2.31. The maximum Gasteiger partial charge on any atom is 0.416 e. The molecule has 1 aromatic heterocycles. The summed E-state index contributed by atoms with van der Waals surface area (Å²) in [6.07, 6.45) is -2.15. The first-order chi connectivity index (χ1) is 15.8. The molecule has 1 saturated heterocycles. The van der Waals surface area contributed by atoms with Crippen LogP contribution in [0, 0.1) is 6.92 Å². The van der Waals surface area contributed by atoms with Crippen LogP contribution in [-0.4, -0.2) is 73.8 Å². The number of hydrogen-bond acceptors (Lipinski definition) is 6. The fourth-order valence-electron chi connectivity index (χ4n) is 3.33. The van der Waals surface area contributed by atoms with E-state index in [0.29, 0.717) is 43.1 Å². The minimum Gasteiger partial charge on any atom is -0.444 e. The van der Waals surface area contributed by atoms with Crippen molar-refractivity contribution in [2.75, 3.05) is 26.2 Å². The Labute approximate surface area is 195 Å². The predicted molar refractivity (Wildman–Crippen MR) is 117 cm³/mol. The Hall–Kier alpha value is -3.44. The maximum absolute atomic E-state index is 13.2. The molecule has 1 aliphatic heterocycles. The summed E-state index contributed by atoms with van der Waals surface area (Å²) in [5, 5.41) is 11.6. The number of carbonyl (C=O) groups excluding carboxylic acids is 2. The second-order valence-corrected chi connectivity index (χ2v) is 8.90. The van der Waals surface area contributed by atoms with Crippen molar-refractivity contribution >= 4 is 18.1 Å². The summed E-state index contributed by atoms with van der Waals surface area (Å²) in [4.78, 5) is 29.1. The highest BCUT2D eigenvalue weighted by molar-refractivity contribution is 5.92. The number of nitrogens with zero attached hydrogens (tertiary/aromatic N) is 6. The number of tetrazole rings is 1. The van der Waals surface area contributed by atoms with Gasteiger partial charge >= 0.3 is 12.3 Å². The molecule has 0 unspecified atom stereocenters. The number of carbonyl (C=O) groups is 2. The van der Waals surface area contributed by atoms with Crippen molar-refractivity contribution in [3.63, 3.8) is 0 Å². The molecule has 184 valence electrons. The lowest BCUT2D eigenvalue weighted by molar-refractivity contribution is -0.137. The van der Waals surface area contributed by atoms with Crippen molar-refractivity contribution in [3.05, 3.63) is 46.8 Å². The molecule has 0 saturated carbocycles. The summed E-state index contributed by atoms with van der Waals surface area (Å²) in [6.45, 7) is 8.25. The number of alkyl halides is 3. The SMILES string of the molecule is Cc1nnn(Cc2cc(C(F)(F)F)ccc2C=CC(=O)N2CCN(C(=O)OC(C)(C)C)CC2)n1. The van der Waals surface area contributed by atoms with Gasteiger partial charge < -0.3 is 14.5 Å². The number of aromatic nitrogens is 4. The molecule has 1 fully saturated rings. The minimum atomic E-state index is -4.51. The molecule has 0 bridgehead atoms. The van der Waals surface area contributed by atoms with Crippen LogP contribution in [0.1, 0.15) is 43.3 Å². The van der Waals surface area contributed by atoms with E-state index in [4.69, 9.17) is 4.74 Å². The largest absolute Gasteiger partial charge is 0.444 e. The number of rotatable bonds is 4. The Morgan fingerprint density at radius 2 is 1.74 bits per heavy atom. The molecule has 0 aliphatic carbocycles. The zero-order valence-electron chi connectivity index (χ0n) is 19.5. The van der Waals surface area contributed by atoms with Crippen LogP contribution in [0.2, 0.25) is 0 Å². The molecular formula is C22H27F3N6O3. The van der Waals surface area contributed by atoms with Crippen LogP contribution in [0.4, 0.5) is 18.0 Å². The Bertz CT molecular complexity index is 1070. The zero-order valence-corrected chi connectivity index (χ0v) is 19.5. The number of halogens is 3. The van der Waals surface area contributed by atoms with E-state index in [1.807, 2.05) is 0 Å². The van der Waals surface area contributed by atoms with Gasteiger partial charge in [0.05, 0.1) is 12.1 Å². The van der Waals surface area contributed by atoms with E-state index < -0.39 is 23.4 Å². The Morgan fingerprint density at radius 1 is 1.09 bits per heavy atom. The molecule has 3 rings (SSSR count). The molecule has 2 heterocycles. The summed E-state index contributed by atoms with van der Waals surface area (Å²) in [5.74, 6) is 0.0918. The van der Waals surface area contributed by atoms with Crippen LogP contribution in [0.3, 0.4) is 0 Å². The van der Waals surface area contributed by atoms with Gasteiger partial charge in [-0.25, -0.2) is 4.79 Å². The number of piperazine rings is 1. The van der Waals surface area contributed by atoms with Crippen molar-refractivity contribution in [2.24, 2.45) is 0 Å². The topological polar surface area (TPSA) is 93.5 Å². The van der Waals surface area contributed by atoms with Crippen LogP contribution in [-0.2, 0) is 22.3 Å². The normalized spacial score (nSPS) is 15.1. The number of ether oxygens (including phenoxy) is 1. The lowest BCUT2D eigenvalue weighted by Crippen LogP contribution is -2.51. The standard InChI is InChI=1S/C22H27F3N6O3/c1-15-26-28-31(27-15)14-17-13-18(22(23,24)25)7-5-16(17)6-8-19(32)29-9-11-30(12-10-29)20(33)34-21(2,3)4/h5-8,13H,9-12,14H2,1-4H3. The molecule has 9 nitrogen and oxygen atoms in total. The summed E-state index contributed by atoms with van der Waals surface area (Å²) >= 11 is 0. The minimum absolute atomic E-state index is 0.0345. The number of aryl methyl sites for hydroxylation is 1. The average molecular weight is 480 g/mol. The van der Waals surface area contributed by atoms with Crippen molar-refractivity contribution in [1.29, 1.82) is 0 Å². The highest BCUT2D eigenvalue weighted by Gasteiger charge is 2.31. The number of hydrogen-bond donors (Lipinski definition) is 0. The lowest BCUT2D eigenvalue weighted by Gasteiger charge is -2.35. The van der Waals surface area contributed by atoms with Gasteiger partial charge in [-0.2, -0.15) is 18.0 Å². The first-order valence-corrected chi connectivity index (χ1v) is 10.7. The number of amides is 2. The van der Waals surface area contributed by atoms with Gasteiger partial charge in [-0.15, -0.1) is 10.2 Å². The number of benzene rings is 1. The van der Waals surface area contributed by atoms with Crippen LogP contribution in [0.5, 0.6) is 0 Å². The third-order valence-corrected chi connectivity index (χ3v) is 4.98. The van der Waals surface area contributed by atoms with Gasteiger partial charge in [0, 0.05) is 32.3 Å². The van der Waals surface area contributed by atoms with Gasteiger partial charge in [0.2, 0.25) is 5.91 Å². The van der Waals surface area contributed by atoms with E-state index >= 15 is 0 Å². The molecule has 1 aromatic carbocycles. The van der Waals surface area contributed by atoms with Crippen molar-refractivity contribution in [2.45, 2.75) is 46.0 Å². The summed E-state index contributed by atoms with van der Waals surface area (Å²) in [6, 6.07) is 3.29. The third-order valence-electron chi connectivity index (χ3n) is 4.98. The van der Waals surface area contributed by atoms with E-state index in [-0.39, 0.29) is 12.5 Å². The van der Waals surface area contributed by atoms with Gasteiger partial charge in [-0.05, 0) is 62.2 Å². The van der Waals surface area contributed by atoms with Gasteiger partial charge in [0.15, 0.2) is 5.82 Å². The zero-order chi connectivity index (χ0) is 25.1. The van der Waals surface area contributed by atoms with E-state index in [9.17, 15) is 22.8 Å². The van der Waals surface area contributed by atoms with Crippen molar-refractivity contribution in [1.82, 2.24) is 30.0 Å². The second kappa shape index (κ2) is 9.82. The molecule has 1 aliphatic rings. The Kier molecular flexibility index (Phi) is 7.27. The molecular weight excluding hydrogens is 453 g/mol. The average Bonchev–Trinajstić information content (AvgIpc) is 3.15. The van der Waals surface area contributed by atoms with Crippen molar-refractivity contribution < 1.29 is 27.5 Å². The molecule has 0 radical (unpaired) electrons. The van der Waals surface area contributed by atoms with E-state index in [2.05, 4.69) is 15.4 Å². The lowest BCUT2D eigenvalue weighted by atomic mass is 10.0. The molecule has 0 N–H and O–H groups in total. The quantitative estimate of drug-likeness (QED) is 0.625. The molecule has 0 atom stereocenters. The molecule has 34 heavy (non-hydrogen) atoms. The van der Waals surface area contributed by atoms with Gasteiger partial charge in [0.1, 0.15) is 5.60 Å². The van der Waals surface area contributed by atoms with Crippen LogP contribution in [0.15, 0.2) is 24.3 Å². The fourth-order valence-corrected chi connectivity index (χ4v) is 3.33. The van der Waals surface area contributed by atoms with Gasteiger partial charge in [0.25, 0.3) is 0 Å². The van der Waals surface area contributed by atoms with Crippen LogP contribution >= 0.6 is 0 Å². The van der Waals surface area contributed by atoms with E-state index in [1.54, 1.807) is 37.5 Å². The molecule has 0 spiro atoms. The summed E-state index contributed by atoms with van der Waals surface area (Å²) in [7, 11) is 0. The van der Waals surface area contributed by atoms with Crippen LogP contribution in [0.25, 0.3) is 6.08 Å². The molecule has 12 heteroatoms. The predicted octanol–water partition coefficient (Wildman–Crippen LogP) is 3.14. The van der Waals surface area contributed by atoms with Gasteiger partial charge in [-0.3, -0.25) is 4.79 Å². The van der Waals surface area contributed by atoms with E-state index in [0.717, 1.165) is 12.1 Å². The van der Waals surface area contributed by atoms with Crippen LogP contribution < -0.4 is 0 Å². The fraction of sp³-hybridized carbons (Fsp3) is 0.500. The first-order valence-electron chi connectivity index (χ1n) is 10.7. The van der Waals surface area contributed by atoms with E-state index in [1.165, 1.54) is 23.0 Å². The monoisotopic (exact) mass is 480 g/mol. The highest BCUT2D eigenvalue weighted by atomic mass is 19.4. The smallest absolute Gasteiger partial charge is 0.416 e. The molecule has 2 amide bonds. The third kappa shape index (κ3) is 6.78. The summed E-state index contributed by atoms with van der Waals surface area (Å²) < 4.78 is 45.0. The molecule has 2 aromatic rings. The summed E-state index contributed by atoms with van der Waals surface area (Å²) in [5.41, 5.74) is -0.678. The maximum atomic E-state index is 13.2. The second-order valence-electron chi connectivity index (χ2n) is 8.90. The van der Waals surface area contributed by atoms with Crippen molar-refractivity contribution in [3.8, 4) is 0 Å². The Balaban J connectivity index is 1.69. The Morgan fingerprint density at radius 3 is 2.29 bits per heavy atom.